The number of hydrogen-bond donors (Lipinski definition) is 2. The highest BCUT2D eigenvalue weighted by atomic mass is 16.5. The Balaban J connectivity index is 1.62. The number of aromatic nitrogens is 2. The first-order chi connectivity index (χ1) is 12.5. The van der Waals surface area contributed by atoms with Gasteiger partial charge in [-0.25, -0.2) is 9.78 Å². The van der Waals surface area contributed by atoms with E-state index in [9.17, 15) is 19.5 Å². The highest BCUT2D eigenvalue weighted by Crippen LogP contribution is 2.21. The molecule has 2 unspecified atom stereocenters. The summed E-state index contributed by atoms with van der Waals surface area (Å²) in [5.74, 6) is -0.717. The minimum atomic E-state index is -1.02. The van der Waals surface area contributed by atoms with Crippen molar-refractivity contribution >= 4 is 22.8 Å². The van der Waals surface area contributed by atoms with Crippen LogP contribution in [0.4, 0.5) is 0 Å². The number of hydrogen-bond acceptors (Lipinski definition) is 5. The molecule has 2 N–H and O–H groups in total. The smallest absolute Gasteiger partial charge is 0.326 e. The quantitative estimate of drug-likeness (QED) is 0.794. The summed E-state index contributed by atoms with van der Waals surface area (Å²) in [5.41, 5.74) is 0.413. The van der Waals surface area contributed by atoms with E-state index in [2.05, 4.69) is 9.97 Å². The molecule has 1 aromatic heterocycles. The molecule has 1 aliphatic rings. The van der Waals surface area contributed by atoms with Crippen molar-refractivity contribution in [3.05, 3.63) is 40.4 Å². The van der Waals surface area contributed by atoms with E-state index in [1.54, 1.807) is 18.2 Å². The molecule has 0 spiro atoms. The predicted octanol–water partition coefficient (Wildman–Crippen LogP) is 0.946. The second-order valence-electron chi connectivity index (χ2n) is 6.38. The highest BCUT2D eigenvalue weighted by Gasteiger charge is 2.39. The van der Waals surface area contributed by atoms with Gasteiger partial charge in [0.25, 0.3) is 5.56 Å². The molecule has 3 rings (SSSR count). The van der Waals surface area contributed by atoms with Crippen molar-refractivity contribution in [2.45, 2.75) is 37.8 Å². The number of carbonyl (C=O) groups is 2. The van der Waals surface area contributed by atoms with Gasteiger partial charge in [0.2, 0.25) is 5.91 Å². The fourth-order valence-corrected chi connectivity index (χ4v) is 3.28. The van der Waals surface area contributed by atoms with Crippen molar-refractivity contribution in [3.63, 3.8) is 0 Å². The number of carbonyl (C=O) groups excluding carboxylic acids is 1. The third-order valence-corrected chi connectivity index (χ3v) is 4.67. The lowest BCUT2D eigenvalue weighted by atomic mass is 10.1. The van der Waals surface area contributed by atoms with E-state index in [1.807, 2.05) is 6.07 Å². The van der Waals surface area contributed by atoms with Crippen LogP contribution in [0, 0.1) is 0 Å². The van der Waals surface area contributed by atoms with Crippen molar-refractivity contribution in [3.8, 4) is 0 Å². The van der Waals surface area contributed by atoms with Gasteiger partial charge in [-0.2, -0.15) is 0 Å². The molecule has 0 bridgehead atoms. The molecular weight excluding hydrogens is 338 g/mol. The lowest BCUT2D eigenvalue weighted by molar-refractivity contribution is -0.148. The van der Waals surface area contributed by atoms with E-state index in [0.29, 0.717) is 36.0 Å². The summed E-state index contributed by atoms with van der Waals surface area (Å²) in [5, 5.41) is 9.81. The van der Waals surface area contributed by atoms with Crippen molar-refractivity contribution < 1.29 is 19.4 Å². The van der Waals surface area contributed by atoms with E-state index in [1.165, 1.54) is 12.0 Å². The monoisotopic (exact) mass is 359 g/mol. The summed E-state index contributed by atoms with van der Waals surface area (Å²) in [4.78, 5) is 44.3. The molecule has 1 saturated heterocycles. The normalized spacial score (nSPS) is 19.8. The number of rotatable bonds is 6. The Hall–Kier alpha value is -2.74. The summed E-state index contributed by atoms with van der Waals surface area (Å²) < 4.78 is 5.19. The molecule has 1 aliphatic heterocycles. The maximum atomic E-state index is 12.4. The van der Waals surface area contributed by atoms with Crippen LogP contribution in [0.2, 0.25) is 0 Å². The predicted molar refractivity (Wildman–Crippen MR) is 93.9 cm³/mol. The molecule has 2 aromatic rings. The molecule has 0 saturated carbocycles. The number of nitrogens with one attached hydrogen (secondary N) is 1. The lowest BCUT2D eigenvalue weighted by Gasteiger charge is -2.21. The SMILES string of the molecule is COC1CC(C(=O)O)N(C(=O)CCCc2nc3ccccc3c(=O)[nH]2)C1. The molecule has 0 radical (unpaired) electrons. The summed E-state index contributed by atoms with van der Waals surface area (Å²) in [6, 6.07) is 6.23. The van der Waals surface area contributed by atoms with E-state index in [-0.39, 0.29) is 30.5 Å². The van der Waals surface area contributed by atoms with Crippen LogP contribution in [-0.4, -0.2) is 57.7 Å². The summed E-state index contributed by atoms with van der Waals surface area (Å²) >= 11 is 0. The van der Waals surface area contributed by atoms with Gasteiger partial charge < -0.3 is 19.7 Å². The van der Waals surface area contributed by atoms with Crippen LogP contribution in [-0.2, 0) is 20.7 Å². The van der Waals surface area contributed by atoms with Crippen molar-refractivity contribution in [2.75, 3.05) is 13.7 Å². The third kappa shape index (κ3) is 3.75. The second-order valence-corrected chi connectivity index (χ2v) is 6.38. The van der Waals surface area contributed by atoms with Crippen LogP contribution in [0.15, 0.2) is 29.1 Å². The number of aromatic amines is 1. The number of carboxylic acid groups (broad SMARTS) is 1. The molecule has 1 aromatic carbocycles. The van der Waals surface area contributed by atoms with Gasteiger partial charge in [-0.1, -0.05) is 12.1 Å². The van der Waals surface area contributed by atoms with Gasteiger partial charge in [-0.3, -0.25) is 9.59 Å². The number of benzene rings is 1. The summed E-state index contributed by atoms with van der Waals surface area (Å²) in [6.07, 6.45) is 1.15. The summed E-state index contributed by atoms with van der Waals surface area (Å²) in [6.45, 7) is 0.289. The number of carboxylic acids is 1. The molecule has 2 heterocycles. The third-order valence-electron chi connectivity index (χ3n) is 4.67. The molecule has 26 heavy (non-hydrogen) atoms. The Morgan fingerprint density at radius 3 is 2.88 bits per heavy atom. The average Bonchev–Trinajstić information content (AvgIpc) is 3.07. The Kier molecular flexibility index (Phi) is 5.32. The molecular formula is C18H21N3O5. The maximum absolute atomic E-state index is 12.4. The number of aliphatic carboxylic acids is 1. The van der Waals surface area contributed by atoms with Crippen LogP contribution < -0.4 is 5.56 Å². The van der Waals surface area contributed by atoms with Crippen LogP contribution in [0.1, 0.15) is 25.1 Å². The van der Waals surface area contributed by atoms with E-state index in [0.717, 1.165) is 0 Å². The fraction of sp³-hybridized carbons (Fsp3) is 0.444. The molecule has 1 fully saturated rings. The first-order valence-corrected chi connectivity index (χ1v) is 8.52. The summed E-state index contributed by atoms with van der Waals surface area (Å²) in [7, 11) is 1.51. The standard InChI is InChI=1S/C18H21N3O5/c1-26-11-9-14(18(24)25)21(10-11)16(22)8-4-7-15-19-13-6-3-2-5-12(13)17(23)20-15/h2-3,5-6,11,14H,4,7-10H2,1H3,(H,24,25)(H,19,20,23). The Labute approximate surface area is 149 Å². The maximum Gasteiger partial charge on any atom is 0.326 e. The number of likely N-dealkylation sites (tertiary alicyclic amines) is 1. The molecule has 0 aliphatic carbocycles. The molecule has 2 atom stereocenters. The molecule has 8 nitrogen and oxygen atoms in total. The van der Waals surface area contributed by atoms with Crippen LogP contribution >= 0.6 is 0 Å². The number of H-pyrrole nitrogens is 1. The highest BCUT2D eigenvalue weighted by molar-refractivity contribution is 5.84. The molecule has 138 valence electrons. The van der Waals surface area contributed by atoms with Crippen molar-refractivity contribution in [1.82, 2.24) is 14.9 Å². The Morgan fingerprint density at radius 2 is 2.15 bits per heavy atom. The van der Waals surface area contributed by atoms with Gasteiger partial charge in [0.1, 0.15) is 11.9 Å². The number of nitrogens with zero attached hydrogens (tertiary/aromatic N) is 2. The largest absolute Gasteiger partial charge is 0.480 e. The number of methoxy groups -OCH3 is 1. The zero-order chi connectivity index (χ0) is 18.7. The molecule has 1 amide bonds. The number of ether oxygens (including phenoxy) is 1. The molecule has 8 heteroatoms. The van der Waals surface area contributed by atoms with E-state index in [4.69, 9.17) is 4.74 Å². The topological polar surface area (TPSA) is 113 Å². The second kappa shape index (κ2) is 7.65. The fourth-order valence-electron chi connectivity index (χ4n) is 3.28. The van der Waals surface area contributed by atoms with Gasteiger partial charge in [-0.05, 0) is 18.6 Å². The van der Waals surface area contributed by atoms with Gasteiger partial charge in [-0.15, -0.1) is 0 Å². The minimum absolute atomic E-state index is 0.191. The van der Waals surface area contributed by atoms with Crippen molar-refractivity contribution in [1.29, 1.82) is 0 Å². The van der Waals surface area contributed by atoms with E-state index >= 15 is 0 Å². The number of amides is 1. The number of fused-ring (bicyclic) bond motifs is 1. The first kappa shape index (κ1) is 18.1. The lowest BCUT2D eigenvalue weighted by Crippen LogP contribution is -2.40. The van der Waals surface area contributed by atoms with Crippen molar-refractivity contribution in [2.24, 2.45) is 0 Å². The van der Waals surface area contributed by atoms with Gasteiger partial charge in [0.15, 0.2) is 0 Å². The zero-order valence-corrected chi connectivity index (χ0v) is 14.5. The zero-order valence-electron chi connectivity index (χ0n) is 14.5. The minimum Gasteiger partial charge on any atom is -0.480 e. The van der Waals surface area contributed by atoms with Crippen LogP contribution in [0.5, 0.6) is 0 Å². The first-order valence-electron chi connectivity index (χ1n) is 8.52. The average molecular weight is 359 g/mol. The van der Waals surface area contributed by atoms with E-state index < -0.39 is 12.0 Å². The Bertz CT molecular complexity index is 879. The number of para-hydroxylation sites is 1. The van der Waals surface area contributed by atoms with Gasteiger partial charge >= 0.3 is 5.97 Å². The van der Waals surface area contributed by atoms with Crippen LogP contribution in [0.25, 0.3) is 10.9 Å². The van der Waals surface area contributed by atoms with Gasteiger partial charge in [0, 0.05) is 32.9 Å². The van der Waals surface area contributed by atoms with Crippen LogP contribution in [0.3, 0.4) is 0 Å². The Morgan fingerprint density at radius 1 is 1.38 bits per heavy atom. The van der Waals surface area contributed by atoms with Gasteiger partial charge in [0.05, 0.1) is 17.0 Å². The number of aryl methyl sites for hydroxylation is 1.